The van der Waals surface area contributed by atoms with Gasteiger partial charge < -0.3 is 53.6 Å². The molecule has 9 heterocycles. The van der Waals surface area contributed by atoms with Crippen molar-refractivity contribution in [3.8, 4) is 23.3 Å². The first-order chi connectivity index (χ1) is 68.5. The Hall–Kier alpha value is -12.1. The number of H-pyrrole nitrogens is 2. The first-order valence-corrected chi connectivity index (χ1v) is 52.5. The fourth-order valence-corrected chi connectivity index (χ4v) is 20.2. The summed E-state index contributed by atoms with van der Waals surface area (Å²) in [4.78, 5) is 87.8. The van der Waals surface area contributed by atoms with Crippen LogP contribution >= 0.6 is 35.6 Å². The number of halogens is 4. The summed E-state index contributed by atoms with van der Waals surface area (Å²) in [5, 5.41) is 41.3. The molecular formula is C108H139Cl3FN17O15S2. The average Bonchev–Trinajstić information content (AvgIpc) is 1.22. The van der Waals surface area contributed by atoms with Gasteiger partial charge in [-0.2, -0.15) is 0 Å². The number of nitrogens with one attached hydrogen (secondary N) is 3. The van der Waals surface area contributed by atoms with Crippen LogP contribution < -0.4 is 34.0 Å². The molecule has 0 atom stereocenters. The van der Waals surface area contributed by atoms with Crippen LogP contribution in [0.5, 0.6) is 23.3 Å². The molecule has 38 heteroatoms. The number of nitrogens with two attached hydrogens (primary N) is 1. The van der Waals surface area contributed by atoms with Crippen molar-refractivity contribution in [2.24, 2.45) is 37.8 Å². The minimum absolute atomic E-state index is 0. The molecule has 32 nitrogen and oxygen atoms in total. The van der Waals surface area contributed by atoms with Crippen LogP contribution in [0.3, 0.4) is 0 Å². The SMILES string of the molecule is C.CC1(C)CCC(CN2CCN(c3ccc(C(=O)NS(=O)(=O)c4ccc(CCC5CCOCC5)c([N+](=O)[O-])c4)c(Oc4cc5cc[nH]c5cn4)c3)CC2)=C(c2ccc(Cl)cc2)C1.CC1(C)CCC(CN2CCN(c3ccc(C(=O)O)c(Oc4cc5cc[nH]c5cn4)c3)CC2)=C(c2ccc(Cl)cc2)C1.CCN=C=NCCCN(C)C.CN(C)c1ccncc1.Cl.F.NS(=O)(=O)c1ccc(CCC2CCOCC2)c([N+](=O)[O-])c1.[HH]. The third kappa shape index (κ3) is 33.7. The third-order valence-electron chi connectivity index (χ3n) is 26.8. The largest absolute Gasteiger partial charge is 0.478 e. The van der Waals surface area contributed by atoms with Gasteiger partial charge in [-0.25, -0.2) is 51.4 Å². The van der Waals surface area contributed by atoms with Crippen LogP contribution in [0.25, 0.3) is 33.0 Å². The second-order valence-corrected chi connectivity index (χ2v) is 43.0. The number of ether oxygens (including phenoxy) is 4. The second-order valence-electron chi connectivity index (χ2n) is 38.9. The number of rotatable bonds is 31. The Bertz CT molecular complexity index is 6590. The van der Waals surface area contributed by atoms with Gasteiger partial charge in [0.1, 0.15) is 17.1 Å². The van der Waals surface area contributed by atoms with Crippen LogP contribution in [-0.4, -0.2) is 229 Å². The number of carbonyl (C=O) groups excluding carboxylic acids is 1. The van der Waals surface area contributed by atoms with E-state index in [2.05, 4.69) is 136 Å². The van der Waals surface area contributed by atoms with Crippen molar-refractivity contribution in [3.63, 3.8) is 0 Å². The predicted octanol–water partition coefficient (Wildman–Crippen LogP) is 22.0. The van der Waals surface area contributed by atoms with Gasteiger partial charge in [0.2, 0.25) is 21.8 Å². The number of aromatic carboxylic acids is 1. The Kier molecular flexibility index (Phi) is 43.3. The molecule has 4 aliphatic heterocycles. The van der Waals surface area contributed by atoms with Crippen molar-refractivity contribution in [1.29, 1.82) is 0 Å². The van der Waals surface area contributed by atoms with E-state index >= 15 is 0 Å². The van der Waals surface area contributed by atoms with E-state index in [0.717, 1.165) is 231 Å². The first kappa shape index (κ1) is 116. The molecule has 6 N–H and O–H groups in total. The zero-order chi connectivity index (χ0) is 102. The fraction of sp³-hybridized carbons (Fsp3) is 0.426. The number of carbonyl (C=O) groups is 2. The molecule has 2 aliphatic carbocycles. The minimum atomic E-state index is -4.53. The molecule has 17 rings (SSSR count). The first-order valence-electron chi connectivity index (χ1n) is 48.7. The van der Waals surface area contributed by atoms with Gasteiger partial charge in [-0.05, 0) is 254 Å². The van der Waals surface area contributed by atoms with Crippen LogP contribution in [0.4, 0.5) is 33.1 Å². The molecule has 6 aromatic carbocycles. The quantitative estimate of drug-likeness (QED) is 0.0117. The standard InChI is InChI=1S/C46H51ClN6O7S.C33H35ClN4O3.C13H18N2O5S.C8H17N3.C7H10N2.CH4.ClH.FH.H2/c1-46(2)17-13-35(40(28-46)32-5-8-36(47)9-6-32)30-51-19-21-52(22-20-51)37-10-12-39(43(26-37)60-44-25-34-14-18-48-41(34)29-49-44)45(54)50-61(57,58)38-11-7-33(42(27-38)53(55)56)4-3-31-15-23-59-24-16-31;1-33(2)11-9-24(28(19-33)22-3-5-25(34)6-4-22)21-37-13-15-38(16-14-37)26-7-8-27(32(39)40)30(18-26)41-31-17-23-10-12-35-29(23)20-36-31;14-21(18,19)12-4-3-11(13(9-12)15(16)17)2-1-10-5-7-20-8-6-10;1-4-9-8-10-6-5-7-11(2)3;1-9(2)7-3-5-8-6-4-7;;;;/h5-12,14,18,25-27,29,31,48H,3-4,13,15-17,19-24,28,30H2,1-2H3,(H,50,54);3-8,10,12,17-18,20,35H,9,11,13-16,19,21H2,1-2H3,(H,39,40);3-4,9-10H,1-2,5-8H2,(H2,14,18,19);4-7H2,1-3H3;3-6H,1-2H3;1H4;3*1H. The fourth-order valence-electron chi connectivity index (χ4n) is 18.4. The highest BCUT2D eigenvalue weighted by Gasteiger charge is 2.35. The van der Waals surface area contributed by atoms with E-state index in [1.54, 1.807) is 61.3 Å². The molecule has 0 spiro atoms. The molecule has 1 amide bonds. The molecular weight excluding hydrogens is 1960 g/mol. The number of nitrogens with zero attached hydrogens (tertiary/aromatic N) is 13. The molecule has 0 radical (unpaired) electrons. The maximum Gasteiger partial charge on any atom is 0.339 e. The van der Waals surface area contributed by atoms with Crippen LogP contribution in [0, 0.1) is 42.9 Å². The molecule has 4 fully saturated rings. The molecule has 11 aromatic rings. The second kappa shape index (κ2) is 54.5. The Labute approximate surface area is 873 Å². The Morgan fingerprint density at radius 1 is 0.610 bits per heavy atom. The lowest BCUT2D eigenvalue weighted by atomic mass is 9.72. The Balaban J connectivity index is 0.000000238. The maximum atomic E-state index is 13.9. The summed E-state index contributed by atoms with van der Waals surface area (Å²) in [5.41, 5.74) is 14.2. The zero-order valence-electron chi connectivity index (χ0n) is 83.7. The number of aromatic nitrogens is 5. The number of piperazine rings is 2. The lowest BCUT2D eigenvalue weighted by Crippen LogP contribution is -2.47. The van der Waals surface area contributed by atoms with Crippen molar-refractivity contribution in [2.45, 2.75) is 148 Å². The topological polar surface area (TPSA) is 398 Å². The number of pyridine rings is 3. The highest BCUT2D eigenvalue weighted by molar-refractivity contribution is 7.90. The van der Waals surface area contributed by atoms with Crippen LogP contribution in [0.15, 0.2) is 226 Å². The summed E-state index contributed by atoms with van der Waals surface area (Å²) in [6.07, 6.45) is 24.4. The van der Waals surface area contributed by atoms with Gasteiger partial charge in [-0.3, -0.25) is 44.5 Å². The van der Waals surface area contributed by atoms with E-state index in [1.165, 1.54) is 69.8 Å². The smallest absolute Gasteiger partial charge is 0.339 e. The number of carboxylic acid groups (broad SMARTS) is 1. The lowest BCUT2D eigenvalue weighted by molar-refractivity contribution is -0.385. The molecule has 0 saturated carbocycles. The predicted molar refractivity (Wildman–Crippen MR) is 583 cm³/mol. The number of primary sulfonamides is 1. The van der Waals surface area contributed by atoms with E-state index in [4.69, 9.17) is 47.3 Å². The van der Waals surface area contributed by atoms with Crippen LogP contribution in [0.2, 0.25) is 10.0 Å². The van der Waals surface area contributed by atoms with Crippen molar-refractivity contribution in [3.05, 3.63) is 270 Å². The number of nitro benzene ring substituents is 2. The maximum absolute atomic E-state index is 13.9. The number of benzene rings is 6. The van der Waals surface area contributed by atoms with Gasteiger partial charge >= 0.3 is 5.97 Å². The monoisotopic (exact) mass is 2100 g/mol. The van der Waals surface area contributed by atoms with E-state index < -0.39 is 41.8 Å². The number of amides is 1. The average molecular weight is 2100 g/mol. The Morgan fingerprint density at radius 3 is 1.47 bits per heavy atom. The van der Waals surface area contributed by atoms with Crippen molar-refractivity contribution in [1.82, 2.24) is 44.3 Å². The number of hydrogen-bond donors (Lipinski definition) is 5. The summed E-state index contributed by atoms with van der Waals surface area (Å²) in [5.74, 6) is -0.0955. The number of aliphatic imine (C=N–C) groups is 2. The van der Waals surface area contributed by atoms with Gasteiger partial charge in [-0.15, -0.1) is 12.4 Å². The Morgan fingerprint density at radius 2 is 1.05 bits per heavy atom. The number of hydrogen-bond acceptors (Lipinski definition) is 25. The minimum Gasteiger partial charge on any atom is -0.478 e. The number of nitro groups is 2. The number of aryl methyl sites for hydroxylation is 2. The van der Waals surface area contributed by atoms with Gasteiger partial charge in [0.05, 0.1) is 61.2 Å². The molecule has 786 valence electrons. The normalized spacial score (nSPS) is 16.1. The highest BCUT2D eigenvalue weighted by Crippen LogP contribution is 2.46. The number of allylic oxidation sites excluding steroid dienone is 2. The van der Waals surface area contributed by atoms with Gasteiger partial charge in [-0.1, -0.05) is 106 Å². The molecule has 4 saturated heterocycles. The lowest BCUT2D eigenvalue weighted by Gasteiger charge is -2.39. The van der Waals surface area contributed by atoms with Crippen molar-refractivity contribution in [2.75, 3.05) is 154 Å². The summed E-state index contributed by atoms with van der Waals surface area (Å²) in [6, 6.07) is 48.4. The van der Waals surface area contributed by atoms with Gasteiger partial charge in [0, 0.05) is 224 Å². The number of anilines is 3. The highest BCUT2D eigenvalue weighted by atomic mass is 35.5. The van der Waals surface area contributed by atoms with Crippen molar-refractivity contribution >= 4 is 135 Å². The summed E-state index contributed by atoms with van der Waals surface area (Å²) in [6.45, 7) is 25.4. The van der Waals surface area contributed by atoms with Gasteiger partial charge in [0.25, 0.3) is 27.3 Å². The number of sulfonamides is 2. The van der Waals surface area contributed by atoms with E-state index in [1.807, 2.05) is 98.8 Å². The molecule has 0 unspecified atom stereocenters. The zero-order valence-corrected chi connectivity index (χ0v) is 87.7. The number of fused-ring (bicyclic) bond motifs is 2. The number of carboxylic acids is 1. The van der Waals surface area contributed by atoms with Gasteiger partial charge in [0.15, 0.2) is 0 Å². The van der Waals surface area contributed by atoms with Crippen molar-refractivity contribution < 1.29 is 66.5 Å². The molecule has 0 bridgehead atoms. The summed E-state index contributed by atoms with van der Waals surface area (Å²) in [7, 11) is -0.322. The summed E-state index contributed by atoms with van der Waals surface area (Å²) >= 11 is 12.4. The molecule has 5 aromatic heterocycles. The number of aromatic amines is 2. The van der Waals surface area contributed by atoms with Crippen LogP contribution in [0.1, 0.15) is 170 Å². The summed E-state index contributed by atoms with van der Waals surface area (Å²) < 4.78 is 75.0. The third-order valence-corrected chi connectivity index (χ3v) is 29.5. The molecule has 6 aliphatic rings. The van der Waals surface area contributed by atoms with E-state index in [9.17, 15) is 51.8 Å². The van der Waals surface area contributed by atoms with Crippen LogP contribution in [-0.2, 0) is 42.4 Å². The van der Waals surface area contributed by atoms with E-state index in [-0.39, 0.29) is 75.3 Å². The molecule has 146 heavy (non-hydrogen) atoms. The van der Waals surface area contributed by atoms with E-state index in [0.29, 0.717) is 66.1 Å².